The number of nitrogens with zero attached hydrogens (tertiary/aromatic N) is 1. The Hall–Kier alpha value is -2.12. The maximum absolute atomic E-state index is 12.9. The van der Waals surface area contributed by atoms with Gasteiger partial charge in [0.2, 0.25) is 0 Å². The molecule has 1 aromatic carbocycles. The fourth-order valence-corrected chi connectivity index (χ4v) is 3.49. The zero-order valence-corrected chi connectivity index (χ0v) is 15.6. The van der Waals surface area contributed by atoms with Crippen molar-refractivity contribution in [2.75, 3.05) is 13.8 Å². The van der Waals surface area contributed by atoms with Gasteiger partial charge < -0.3 is 9.84 Å². The first-order valence-electron chi connectivity index (χ1n) is 8.45. The highest BCUT2D eigenvalue weighted by molar-refractivity contribution is 6.31. The van der Waals surface area contributed by atoms with Crippen LogP contribution in [0, 0.1) is 0 Å². The average Bonchev–Trinajstić information content (AvgIpc) is 2.62. The third-order valence-electron chi connectivity index (χ3n) is 4.78. The van der Waals surface area contributed by atoms with E-state index in [4.69, 9.17) is 21.4 Å². The lowest BCUT2D eigenvalue weighted by Gasteiger charge is -2.43. The Morgan fingerprint density at radius 2 is 2.08 bits per heavy atom. The number of halogens is 1. The Bertz CT molecular complexity index is 696. The summed E-state index contributed by atoms with van der Waals surface area (Å²) in [5, 5.41) is 11.8. The van der Waals surface area contributed by atoms with Gasteiger partial charge in [0.05, 0.1) is 0 Å². The van der Waals surface area contributed by atoms with Crippen LogP contribution in [0.2, 0.25) is 5.02 Å². The van der Waals surface area contributed by atoms with Crippen molar-refractivity contribution >= 4 is 29.4 Å². The number of rotatable bonds is 6. The molecule has 8 heteroatoms. The highest BCUT2D eigenvalue weighted by Crippen LogP contribution is 2.42. The van der Waals surface area contributed by atoms with Crippen LogP contribution in [-0.4, -0.2) is 47.7 Å². The zero-order chi connectivity index (χ0) is 19.3. The van der Waals surface area contributed by atoms with Gasteiger partial charge in [-0.2, -0.15) is 0 Å². The molecular weight excluding hydrogens is 360 g/mol. The van der Waals surface area contributed by atoms with E-state index in [1.54, 1.807) is 24.3 Å². The second-order valence-electron chi connectivity index (χ2n) is 6.35. The third kappa shape index (κ3) is 3.99. The van der Waals surface area contributed by atoms with Crippen LogP contribution < -0.4 is 5.32 Å². The summed E-state index contributed by atoms with van der Waals surface area (Å²) in [7, 11) is 1.51. The smallest absolute Gasteiger partial charge is 0.411 e. The molecule has 2 atom stereocenters. The van der Waals surface area contributed by atoms with E-state index in [1.807, 2.05) is 0 Å². The molecule has 7 nitrogen and oxygen atoms in total. The maximum atomic E-state index is 12.9. The number of ketones is 1. The Kier molecular flexibility index (Phi) is 6.61. The molecule has 26 heavy (non-hydrogen) atoms. The van der Waals surface area contributed by atoms with Crippen molar-refractivity contribution in [3.05, 3.63) is 34.9 Å². The van der Waals surface area contributed by atoms with Gasteiger partial charge in [0.1, 0.15) is 18.3 Å². The van der Waals surface area contributed by atoms with Crippen LogP contribution >= 0.6 is 11.6 Å². The predicted molar refractivity (Wildman–Crippen MR) is 95.9 cm³/mol. The van der Waals surface area contributed by atoms with Gasteiger partial charge in [0, 0.05) is 24.1 Å². The number of likely N-dealkylation sites (N-methyl/N-ethyl adjacent to an activating group) is 1. The van der Waals surface area contributed by atoms with E-state index in [1.165, 1.54) is 18.9 Å². The molecule has 0 saturated heterocycles. The van der Waals surface area contributed by atoms with Crippen molar-refractivity contribution in [3.8, 4) is 0 Å². The van der Waals surface area contributed by atoms with Crippen molar-refractivity contribution in [1.29, 1.82) is 0 Å². The van der Waals surface area contributed by atoms with E-state index >= 15 is 0 Å². The minimum atomic E-state index is -1.17. The first kappa shape index (κ1) is 20.2. The summed E-state index contributed by atoms with van der Waals surface area (Å²) in [5.74, 6) is -1.13. The minimum Gasteiger partial charge on any atom is -0.480 e. The molecule has 1 amide bonds. The molecule has 0 radical (unpaired) electrons. The molecule has 1 unspecified atom stereocenters. The lowest BCUT2D eigenvalue weighted by atomic mass is 9.74. The monoisotopic (exact) mass is 382 g/mol. The number of benzene rings is 1. The number of hydrogen-bond acceptors (Lipinski definition) is 5. The molecule has 1 aliphatic rings. The van der Waals surface area contributed by atoms with Crippen molar-refractivity contribution in [2.24, 2.45) is 0 Å². The van der Waals surface area contributed by atoms with Crippen molar-refractivity contribution in [3.63, 3.8) is 0 Å². The number of amides is 1. The lowest BCUT2D eigenvalue weighted by molar-refractivity contribution is -0.139. The SMILES string of the molecule is CC(NCOC(=O)N(C)[C@]1(c2ccccc2Cl)CCCCC1=O)C(=O)O. The summed E-state index contributed by atoms with van der Waals surface area (Å²) in [4.78, 5) is 37.5. The normalized spacial score (nSPS) is 21.1. The van der Waals surface area contributed by atoms with Crippen molar-refractivity contribution in [2.45, 2.75) is 44.2 Å². The van der Waals surface area contributed by atoms with Crippen LogP contribution in [0.4, 0.5) is 4.79 Å². The molecule has 0 aliphatic heterocycles. The fourth-order valence-electron chi connectivity index (χ4n) is 3.20. The van der Waals surface area contributed by atoms with Gasteiger partial charge in [-0.1, -0.05) is 29.8 Å². The van der Waals surface area contributed by atoms with E-state index in [0.29, 0.717) is 23.4 Å². The van der Waals surface area contributed by atoms with Gasteiger partial charge in [0.25, 0.3) is 0 Å². The van der Waals surface area contributed by atoms with Crippen molar-refractivity contribution < 1.29 is 24.2 Å². The zero-order valence-electron chi connectivity index (χ0n) is 14.8. The number of carboxylic acids is 1. The molecule has 1 saturated carbocycles. The molecule has 0 bridgehead atoms. The number of carbonyl (C=O) groups is 3. The van der Waals surface area contributed by atoms with Gasteiger partial charge in [-0.25, -0.2) is 4.79 Å². The molecule has 2 rings (SSSR count). The number of ether oxygens (including phenoxy) is 1. The number of Topliss-reactive ketones (excluding diaryl/α,β-unsaturated/α-hetero) is 1. The summed E-state index contributed by atoms with van der Waals surface area (Å²) < 4.78 is 5.13. The van der Waals surface area contributed by atoms with Gasteiger partial charge in [0.15, 0.2) is 5.78 Å². The molecule has 1 aromatic rings. The second-order valence-corrected chi connectivity index (χ2v) is 6.76. The van der Waals surface area contributed by atoms with Gasteiger partial charge in [-0.3, -0.25) is 19.8 Å². The van der Waals surface area contributed by atoms with E-state index in [9.17, 15) is 14.4 Å². The van der Waals surface area contributed by atoms with Gasteiger partial charge in [-0.05, 0) is 32.3 Å². The largest absolute Gasteiger partial charge is 0.480 e. The molecular formula is C18H23ClN2O5. The molecule has 142 valence electrons. The van der Waals surface area contributed by atoms with Gasteiger partial charge in [-0.15, -0.1) is 0 Å². The number of carboxylic acid groups (broad SMARTS) is 1. The van der Waals surface area contributed by atoms with Crippen LogP contribution in [0.1, 0.15) is 38.2 Å². The van der Waals surface area contributed by atoms with Gasteiger partial charge >= 0.3 is 12.1 Å². The Labute approximate surface area is 157 Å². The second kappa shape index (κ2) is 8.51. The average molecular weight is 383 g/mol. The number of hydrogen-bond donors (Lipinski definition) is 2. The first-order chi connectivity index (χ1) is 12.3. The van der Waals surface area contributed by atoms with E-state index in [2.05, 4.69) is 5.32 Å². The number of nitrogens with one attached hydrogen (secondary N) is 1. The summed E-state index contributed by atoms with van der Waals surface area (Å²) in [6.45, 7) is 1.17. The summed E-state index contributed by atoms with van der Waals surface area (Å²) in [5.41, 5.74) is -0.593. The predicted octanol–water partition coefficient (Wildman–Crippen LogP) is 2.77. The summed E-state index contributed by atoms with van der Waals surface area (Å²) in [6.07, 6.45) is 1.65. The highest BCUT2D eigenvalue weighted by Gasteiger charge is 2.48. The molecule has 2 N–H and O–H groups in total. The van der Waals surface area contributed by atoms with Crippen molar-refractivity contribution in [1.82, 2.24) is 10.2 Å². The van der Waals surface area contributed by atoms with Crippen LogP contribution in [0.25, 0.3) is 0 Å². The molecule has 0 aromatic heterocycles. The lowest BCUT2D eigenvalue weighted by Crippen LogP contribution is -2.54. The third-order valence-corrected chi connectivity index (χ3v) is 5.10. The summed E-state index contributed by atoms with van der Waals surface area (Å²) in [6, 6.07) is 6.13. The van der Waals surface area contributed by atoms with Crippen LogP contribution in [0.5, 0.6) is 0 Å². The van der Waals surface area contributed by atoms with E-state index in [0.717, 1.165) is 12.8 Å². The first-order valence-corrected chi connectivity index (χ1v) is 8.83. The standard InChI is InChI=1S/C18H23ClN2O5/c1-12(16(23)24)20-11-26-17(25)21(2)18(10-6-5-9-15(18)22)13-7-3-4-8-14(13)19/h3-4,7-8,12,20H,5-6,9-11H2,1-2H3,(H,23,24)/t12?,18-/m0/s1. The maximum Gasteiger partial charge on any atom is 0.411 e. The van der Waals surface area contributed by atoms with E-state index < -0.39 is 23.6 Å². The topological polar surface area (TPSA) is 95.9 Å². The fraction of sp³-hybridized carbons (Fsp3) is 0.500. The quantitative estimate of drug-likeness (QED) is 0.734. The molecule has 0 spiro atoms. The van der Waals surface area contributed by atoms with Crippen LogP contribution in [0.15, 0.2) is 24.3 Å². The minimum absolute atomic E-state index is 0.0804. The molecule has 1 aliphatic carbocycles. The highest BCUT2D eigenvalue weighted by atomic mass is 35.5. The Balaban J connectivity index is 2.23. The van der Waals surface area contributed by atoms with E-state index in [-0.39, 0.29) is 12.5 Å². The number of aliphatic carboxylic acids is 1. The van der Waals surface area contributed by atoms with Crippen LogP contribution in [-0.2, 0) is 19.9 Å². The Morgan fingerprint density at radius 1 is 1.38 bits per heavy atom. The van der Waals surface area contributed by atoms with Crippen LogP contribution in [0.3, 0.4) is 0 Å². The summed E-state index contributed by atoms with van der Waals surface area (Å²) >= 11 is 6.33. The Morgan fingerprint density at radius 3 is 2.69 bits per heavy atom. The number of carbonyl (C=O) groups excluding carboxylic acids is 2. The molecule has 0 heterocycles. The molecule has 1 fully saturated rings.